The number of rotatable bonds is 2. The predicted molar refractivity (Wildman–Crippen MR) is 113 cm³/mol. The van der Waals surface area contributed by atoms with Crippen LogP contribution in [0.5, 0.6) is 0 Å². The molecule has 5 nitrogen and oxygen atoms in total. The molecule has 0 unspecified atom stereocenters. The number of hydrogen-bond acceptors (Lipinski definition) is 4. The molecule has 1 fully saturated rings. The summed E-state index contributed by atoms with van der Waals surface area (Å²) in [5.41, 5.74) is 4.67. The van der Waals surface area contributed by atoms with Crippen molar-refractivity contribution in [2.24, 2.45) is 0 Å². The number of carbonyl (C=O) groups excluding carboxylic acids is 1. The molecule has 1 saturated heterocycles. The van der Waals surface area contributed by atoms with Crippen molar-refractivity contribution in [1.82, 2.24) is 14.7 Å². The molecule has 0 saturated carbocycles. The number of benzene rings is 2. The molecule has 0 bridgehead atoms. The van der Waals surface area contributed by atoms with E-state index in [1.165, 1.54) is 4.90 Å². The van der Waals surface area contributed by atoms with Crippen LogP contribution in [-0.4, -0.2) is 46.9 Å². The van der Waals surface area contributed by atoms with Crippen LogP contribution in [-0.2, 0) is 10.5 Å². The van der Waals surface area contributed by atoms with E-state index in [-0.39, 0.29) is 5.91 Å². The molecule has 0 aliphatic carbocycles. The smallest absolute Gasteiger partial charge is 0.274 e. The predicted octanol–water partition coefficient (Wildman–Crippen LogP) is 4.38. The molecule has 0 radical (unpaired) electrons. The number of nitrogens with zero attached hydrogens (tertiary/aromatic N) is 3. The molecule has 2 aromatic carbocycles. The highest BCUT2D eigenvalue weighted by Gasteiger charge is 2.31. The molecule has 1 aromatic heterocycles. The molecule has 142 valence electrons. The van der Waals surface area contributed by atoms with Crippen LogP contribution in [0.3, 0.4) is 0 Å². The van der Waals surface area contributed by atoms with Gasteiger partial charge in [-0.2, -0.15) is 5.10 Å². The summed E-state index contributed by atoms with van der Waals surface area (Å²) < 4.78 is 8.34. The molecule has 0 N–H and O–H groups in total. The fraction of sp³-hybridized carbons (Fsp3) is 0.238. The highest BCUT2D eigenvalue weighted by atomic mass is 79.9. The van der Waals surface area contributed by atoms with E-state index in [4.69, 9.17) is 9.84 Å². The minimum Gasteiger partial charge on any atom is -0.378 e. The first-order valence-electron chi connectivity index (χ1n) is 9.19. The quantitative estimate of drug-likeness (QED) is 0.575. The number of aromatic nitrogens is 2. The highest BCUT2D eigenvalue weighted by Crippen LogP contribution is 2.43. The Morgan fingerprint density at radius 3 is 2.61 bits per heavy atom. The van der Waals surface area contributed by atoms with Crippen molar-refractivity contribution in [1.29, 1.82) is 0 Å². The normalized spacial score (nSPS) is 15.8. The van der Waals surface area contributed by atoms with Crippen LogP contribution in [0.25, 0.3) is 16.9 Å². The van der Waals surface area contributed by atoms with Crippen LogP contribution < -0.4 is 0 Å². The zero-order valence-corrected chi connectivity index (χ0v) is 17.5. The van der Waals surface area contributed by atoms with E-state index in [1.54, 1.807) is 11.8 Å². The van der Waals surface area contributed by atoms with E-state index in [0.29, 0.717) is 32.0 Å². The molecule has 0 spiro atoms. The van der Waals surface area contributed by atoms with Crippen molar-refractivity contribution in [3.05, 3.63) is 64.3 Å². The van der Waals surface area contributed by atoms with Crippen LogP contribution in [0.2, 0.25) is 0 Å². The molecule has 7 heteroatoms. The maximum atomic E-state index is 13.3. The van der Waals surface area contributed by atoms with Crippen LogP contribution in [0.1, 0.15) is 16.1 Å². The van der Waals surface area contributed by atoms with Gasteiger partial charge in [-0.05, 0) is 30.3 Å². The van der Waals surface area contributed by atoms with Gasteiger partial charge >= 0.3 is 0 Å². The average Bonchev–Trinajstić information content (AvgIpc) is 3.14. The number of fused-ring (bicyclic) bond motifs is 3. The average molecular weight is 456 g/mol. The van der Waals surface area contributed by atoms with E-state index in [9.17, 15) is 4.79 Å². The van der Waals surface area contributed by atoms with Crippen molar-refractivity contribution in [3.8, 4) is 16.9 Å². The molecule has 2 aliphatic heterocycles. The van der Waals surface area contributed by atoms with E-state index in [2.05, 4.69) is 34.1 Å². The number of halogens is 1. The summed E-state index contributed by atoms with van der Waals surface area (Å²) in [5.74, 6) is 0.740. The van der Waals surface area contributed by atoms with Crippen LogP contribution >= 0.6 is 27.7 Å². The molecule has 3 aromatic rings. The Morgan fingerprint density at radius 1 is 1.07 bits per heavy atom. The van der Waals surface area contributed by atoms with Crippen molar-refractivity contribution in [2.75, 3.05) is 26.3 Å². The summed E-state index contributed by atoms with van der Waals surface area (Å²) >= 11 is 5.26. The second-order valence-electron chi connectivity index (χ2n) is 6.75. The lowest BCUT2D eigenvalue weighted by molar-refractivity contribution is 0.0298. The zero-order chi connectivity index (χ0) is 19.1. The maximum Gasteiger partial charge on any atom is 0.274 e. The summed E-state index contributed by atoms with van der Waals surface area (Å²) in [6.07, 6.45) is 0. The van der Waals surface area contributed by atoms with Gasteiger partial charge in [0.2, 0.25) is 0 Å². The Bertz CT molecular complexity index is 1040. The number of amides is 1. The van der Waals surface area contributed by atoms with E-state index in [0.717, 1.165) is 32.7 Å². The van der Waals surface area contributed by atoms with Gasteiger partial charge in [-0.25, -0.2) is 4.68 Å². The lowest BCUT2D eigenvalue weighted by atomic mass is 10.0. The third-order valence-corrected chi connectivity index (χ3v) is 6.70. The second-order valence-corrected chi connectivity index (χ2v) is 8.69. The second kappa shape index (κ2) is 7.39. The standard InChI is InChI=1S/C21H18BrN3O2S/c22-14-5-7-15(8-6-14)25-20-16-3-1-2-4-18(16)28-13-17(20)19(23-25)21(26)24-9-11-27-12-10-24/h1-8H,9-13H2. The van der Waals surface area contributed by atoms with E-state index < -0.39 is 0 Å². The Hall–Kier alpha value is -2.09. The molecule has 1 amide bonds. The number of thioether (sulfide) groups is 1. The Balaban J connectivity index is 1.68. The van der Waals surface area contributed by atoms with Gasteiger partial charge in [0.25, 0.3) is 5.91 Å². The van der Waals surface area contributed by atoms with Crippen molar-refractivity contribution < 1.29 is 9.53 Å². The minimum atomic E-state index is -0.00427. The van der Waals surface area contributed by atoms with Crippen LogP contribution in [0.15, 0.2) is 57.9 Å². The van der Waals surface area contributed by atoms with Gasteiger partial charge in [0.15, 0.2) is 5.69 Å². The van der Waals surface area contributed by atoms with Crippen LogP contribution in [0.4, 0.5) is 0 Å². The van der Waals surface area contributed by atoms with Crippen molar-refractivity contribution >= 4 is 33.6 Å². The summed E-state index contributed by atoms with van der Waals surface area (Å²) in [4.78, 5) is 16.3. The fourth-order valence-corrected chi connectivity index (χ4v) is 4.99. The SMILES string of the molecule is O=C(c1nn(-c2ccc(Br)cc2)c2c1CSc1ccccc1-2)N1CCOCC1. The highest BCUT2D eigenvalue weighted by molar-refractivity contribution is 9.10. The zero-order valence-electron chi connectivity index (χ0n) is 15.1. The molecule has 2 aliphatic rings. The fourth-order valence-electron chi connectivity index (χ4n) is 3.66. The first-order chi connectivity index (χ1) is 13.7. The monoisotopic (exact) mass is 455 g/mol. The third kappa shape index (κ3) is 3.07. The van der Waals surface area contributed by atoms with Gasteiger partial charge in [0.05, 0.1) is 24.6 Å². The lowest BCUT2D eigenvalue weighted by Crippen LogP contribution is -2.41. The van der Waals surface area contributed by atoms with Crippen molar-refractivity contribution in [2.45, 2.75) is 10.6 Å². The Kier molecular flexibility index (Phi) is 4.74. The summed E-state index contributed by atoms with van der Waals surface area (Å²) in [5, 5.41) is 4.82. The van der Waals surface area contributed by atoms with Gasteiger partial charge in [0.1, 0.15) is 0 Å². The molecule has 28 heavy (non-hydrogen) atoms. The van der Waals surface area contributed by atoms with Gasteiger partial charge in [-0.3, -0.25) is 4.79 Å². The molecule has 3 heterocycles. The van der Waals surface area contributed by atoms with E-state index >= 15 is 0 Å². The lowest BCUT2D eigenvalue weighted by Gasteiger charge is -2.26. The van der Waals surface area contributed by atoms with Gasteiger partial charge in [-0.15, -0.1) is 11.8 Å². The number of hydrogen-bond donors (Lipinski definition) is 0. The van der Waals surface area contributed by atoms with Gasteiger partial charge in [0, 0.05) is 39.3 Å². The third-order valence-electron chi connectivity index (χ3n) is 5.07. The minimum absolute atomic E-state index is 0.00427. The van der Waals surface area contributed by atoms with Crippen molar-refractivity contribution in [3.63, 3.8) is 0 Å². The largest absolute Gasteiger partial charge is 0.378 e. The van der Waals surface area contributed by atoms with Crippen LogP contribution in [0, 0.1) is 0 Å². The van der Waals surface area contributed by atoms with Gasteiger partial charge in [-0.1, -0.05) is 34.1 Å². The number of ether oxygens (including phenoxy) is 1. The maximum absolute atomic E-state index is 13.3. The summed E-state index contributed by atoms with van der Waals surface area (Å²) in [6, 6.07) is 16.4. The Labute approximate surface area is 175 Å². The summed E-state index contributed by atoms with van der Waals surface area (Å²) in [7, 11) is 0. The van der Waals surface area contributed by atoms with Gasteiger partial charge < -0.3 is 9.64 Å². The topological polar surface area (TPSA) is 47.4 Å². The molecule has 0 atom stereocenters. The summed E-state index contributed by atoms with van der Waals surface area (Å²) in [6.45, 7) is 2.39. The molecular formula is C21H18BrN3O2S. The molecule has 5 rings (SSSR count). The molecular weight excluding hydrogens is 438 g/mol. The first kappa shape index (κ1) is 18.0. The number of morpholine rings is 1. The van der Waals surface area contributed by atoms with E-state index in [1.807, 2.05) is 39.9 Å². The number of carbonyl (C=O) groups is 1. The first-order valence-corrected chi connectivity index (χ1v) is 11.0. The Morgan fingerprint density at radius 2 is 1.82 bits per heavy atom.